The number of rotatable bonds is 0. The molecule has 1 amide bonds. The van der Waals surface area contributed by atoms with Crippen LogP contribution in [-0.4, -0.2) is 40.5 Å². The maximum absolute atomic E-state index is 12.8. The van der Waals surface area contributed by atoms with Gasteiger partial charge in [0, 0.05) is 43.4 Å². The van der Waals surface area contributed by atoms with Crippen molar-refractivity contribution in [2.75, 3.05) is 13.1 Å². The maximum Gasteiger partial charge on any atom is 0.296 e. The van der Waals surface area contributed by atoms with Crippen molar-refractivity contribution in [3.05, 3.63) is 64.5 Å². The lowest BCUT2D eigenvalue weighted by atomic mass is 9.84. The van der Waals surface area contributed by atoms with E-state index in [2.05, 4.69) is 33.1 Å². The fraction of sp³-hybridized carbons (Fsp3) is 0.435. The number of amides is 1. The van der Waals surface area contributed by atoms with E-state index in [1.54, 1.807) is 0 Å². The molecule has 1 saturated heterocycles. The van der Waals surface area contributed by atoms with E-state index < -0.39 is 5.60 Å². The maximum atomic E-state index is 12.8. The topological polar surface area (TPSA) is 64.0 Å². The Kier molecular flexibility index (Phi) is 3.48. The number of aliphatic imine (C=N–C) groups is 1. The van der Waals surface area contributed by atoms with E-state index in [1.807, 2.05) is 25.3 Å². The molecule has 2 aromatic rings. The normalized spacial score (nSPS) is 23.3. The summed E-state index contributed by atoms with van der Waals surface area (Å²) >= 11 is 0. The number of hydrogen-bond donors (Lipinski definition) is 0. The number of benzene rings is 1. The number of amidine groups is 1. The van der Waals surface area contributed by atoms with E-state index >= 15 is 0 Å². The summed E-state index contributed by atoms with van der Waals surface area (Å²) in [6.07, 6.45) is 4.87. The molecule has 1 fully saturated rings. The lowest BCUT2D eigenvalue weighted by Gasteiger charge is -2.39. The summed E-state index contributed by atoms with van der Waals surface area (Å²) in [6, 6.07) is 10.8. The molecule has 3 aliphatic heterocycles. The molecule has 4 heterocycles. The number of aromatic nitrogens is 1. The van der Waals surface area contributed by atoms with E-state index in [0.29, 0.717) is 25.5 Å². The van der Waals surface area contributed by atoms with Gasteiger partial charge < -0.3 is 14.4 Å². The van der Waals surface area contributed by atoms with Crippen LogP contribution in [0.4, 0.5) is 0 Å². The minimum Gasteiger partial charge on any atom is -0.447 e. The van der Waals surface area contributed by atoms with Crippen LogP contribution in [0.1, 0.15) is 40.8 Å². The summed E-state index contributed by atoms with van der Waals surface area (Å²) in [5.41, 5.74) is 4.76. The molecule has 0 bridgehead atoms. The number of ether oxygens (including phenoxy) is 2. The second-order valence-electron chi connectivity index (χ2n) is 8.67. The highest BCUT2D eigenvalue weighted by Gasteiger charge is 2.52. The van der Waals surface area contributed by atoms with Crippen LogP contribution in [0, 0.1) is 6.92 Å². The summed E-state index contributed by atoms with van der Waals surface area (Å²) in [4.78, 5) is 23.7. The Bertz CT molecular complexity index is 1030. The van der Waals surface area contributed by atoms with Crippen LogP contribution in [0.25, 0.3) is 0 Å². The molecule has 1 aromatic carbocycles. The summed E-state index contributed by atoms with van der Waals surface area (Å²) in [5.74, 6) is -0.147. The average Bonchev–Trinajstić information content (AvgIpc) is 3.37. The van der Waals surface area contributed by atoms with Crippen molar-refractivity contribution >= 4 is 11.9 Å². The van der Waals surface area contributed by atoms with Crippen LogP contribution >= 0.6 is 0 Å². The van der Waals surface area contributed by atoms with Crippen molar-refractivity contribution in [3.63, 3.8) is 0 Å². The van der Waals surface area contributed by atoms with Crippen molar-refractivity contribution < 1.29 is 14.3 Å². The Morgan fingerprint density at radius 1 is 1.03 bits per heavy atom. The zero-order valence-electron chi connectivity index (χ0n) is 16.5. The van der Waals surface area contributed by atoms with Crippen LogP contribution in [0.5, 0.6) is 0 Å². The number of pyridine rings is 1. The van der Waals surface area contributed by atoms with Crippen LogP contribution < -0.4 is 0 Å². The summed E-state index contributed by atoms with van der Waals surface area (Å²) in [5, 5.41) is 0. The summed E-state index contributed by atoms with van der Waals surface area (Å²) < 4.78 is 12.5. The van der Waals surface area contributed by atoms with Crippen molar-refractivity contribution in [1.82, 2.24) is 9.88 Å². The second-order valence-corrected chi connectivity index (χ2v) is 8.67. The average molecular weight is 389 g/mol. The smallest absolute Gasteiger partial charge is 0.296 e. The van der Waals surface area contributed by atoms with Crippen LogP contribution in [0.2, 0.25) is 0 Å². The molecule has 2 spiro atoms. The van der Waals surface area contributed by atoms with E-state index in [0.717, 1.165) is 31.6 Å². The number of fused-ring (bicyclic) bond motifs is 3. The van der Waals surface area contributed by atoms with E-state index in [4.69, 9.17) is 9.47 Å². The number of aryl methyl sites for hydroxylation is 1. The van der Waals surface area contributed by atoms with Crippen LogP contribution in [0.3, 0.4) is 0 Å². The second kappa shape index (κ2) is 5.89. The number of nitrogens with zero attached hydrogens (tertiary/aromatic N) is 3. The molecule has 6 nitrogen and oxygen atoms in total. The minimum absolute atomic E-state index is 0.147. The molecule has 1 aliphatic carbocycles. The zero-order valence-corrected chi connectivity index (χ0v) is 16.5. The van der Waals surface area contributed by atoms with E-state index in [-0.39, 0.29) is 11.5 Å². The van der Waals surface area contributed by atoms with Crippen molar-refractivity contribution in [2.45, 2.75) is 50.4 Å². The third-order valence-corrected chi connectivity index (χ3v) is 6.91. The summed E-state index contributed by atoms with van der Waals surface area (Å²) in [7, 11) is 0. The summed E-state index contributed by atoms with van der Waals surface area (Å²) in [6.45, 7) is 4.17. The largest absolute Gasteiger partial charge is 0.447 e. The van der Waals surface area contributed by atoms with Gasteiger partial charge in [-0.1, -0.05) is 24.3 Å². The van der Waals surface area contributed by atoms with Gasteiger partial charge in [0.15, 0.2) is 0 Å². The molecular weight excluding hydrogens is 366 g/mol. The number of piperidine rings is 1. The minimum atomic E-state index is -0.841. The molecule has 4 aliphatic rings. The molecule has 1 aromatic heterocycles. The first-order valence-corrected chi connectivity index (χ1v) is 10.3. The predicted molar refractivity (Wildman–Crippen MR) is 106 cm³/mol. The van der Waals surface area contributed by atoms with Gasteiger partial charge in [-0.2, -0.15) is 4.99 Å². The van der Waals surface area contributed by atoms with Gasteiger partial charge in [0.05, 0.1) is 12.2 Å². The van der Waals surface area contributed by atoms with Crippen molar-refractivity contribution in [3.8, 4) is 0 Å². The van der Waals surface area contributed by atoms with Gasteiger partial charge in [-0.3, -0.25) is 9.78 Å². The van der Waals surface area contributed by atoms with Crippen LogP contribution in [0.15, 0.2) is 41.5 Å². The van der Waals surface area contributed by atoms with E-state index in [9.17, 15) is 4.79 Å². The molecule has 29 heavy (non-hydrogen) atoms. The zero-order chi connectivity index (χ0) is 19.6. The molecule has 0 atom stereocenters. The molecular formula is C23H23N3O3. The molecule has 6 heteroatoms. The SMILES string of the molecule is Cc1cc2c(cn1)C1(CCN(C3=NC(=O)C4(Cc5ccccc5C4)O3)CC1)OC2. The first-order valence-electron chi connectivity index (χ1n) is 10.3. The van der Waals surface area contributed by atoms with Gasteiger partial charge in [-0.15, -0.1) is 0 Å². The van der Waals surface area contributed by atoms with Gasteiger partial charge in [0.1, 0.15) is 0 Å². The Hall–Kier alpha value is -2.73. The Morgan fingerprint density at radius 2 is 1.76 bits per heavy atom. The molecule has 0 N–H and O–H groups in total. The fourth-order valence-corrected chi connectivity index (χ4v) is 5.28. The third kappa shape index (κ3) is 2.48. The van der Waals surface area contributed by atoms with Gasteiger partial charge in [-0.05, 0) is 42.5 Å². The fourth-order valence-electron chi connectivity index (χ4n) is 5.28. The lowest BCUT2D eigenvalue weighted by molar-refractivity contribution is -0.130. The first kappa shape index (κ1) is 17.2. The molecule has 0 radical (unpaired) electrons. The highest BCUT2D eigenvalue weighted by Crippen LogP contribution is 2.45. The van der Waals surface area contributed by atoms with Gasteiger partial charge >= 0.3 is 0 Å². The monoisotopic (exact) mass is 389 g/mol. The highest BCUT2D eigenvalue weighted by atomic mass is 16.5. The molecule has 0 saturated carbocycles. The quantitative estimate of drug-likeness (QED) is 0.693. The Labute approximate surface area is 169 Å². The number of hydrogen-bond acceptors (Lipinski definition) is 5. The Balaban J connectivity index is 1.18. The van der Waals surface area contributed by atoms with Gasteiger partial charge in [0.2, 0.25) is 5.60 Å². The van der Waals surface area contributed by atoms with Crippen molar-refractivity contribution in [1.29, 1.82) is 0 Å². The van der Waals surface area contributed by atoms with Crippen LogP contribution in [-0.2, 0) is 39.3 Å². The van der Waals surface area contributed by atoms with Crippen molar-refractivity contribution in [2.24, 2.45) is 4.99 Å². The number of likely N-dealkylation sites (tertiary alicyclic amines) is 1. The molecule has 6 rings (SSSR count). The Morgan fingerprint density at radius 3 is 2.48 bits per heavy atom. The molecule has 148 valence electrons. The third-order valence-electron chi connectivity index (χ3n) is 6.91. The first-order chi connectivity index (χ1) is 14.1. The predicted octanol–water partition coefficient (Wildman–Crippen LogP) is 2.66. The van der Waals surface area contributed by atoms with E-state index in [1.165, 1.54) is 22.3 Å². The van der Waals surface area contributed by atoms with Gasteiger partial charge in [-0.25, -0.2) is 0 Å². The lowest BCUT2D eigenvalue weighted by Crippen LogP contribution is -2.47. The number of carbonyl (C=O) groups is 1. The standard InChI is InChI=1S/C23H23N3O3/c1-15-10-18-14-28-22(19(18)13-24-15)6-8-26(9-7-22)21-25-20(27)23(29-21)11-16-4-2-3-5-17(16)12-23/h2-5,10,13H,6-9,11-12,14H2,1H3. The highest BCUT2D eigenvalue weighted by molar-refractivity contribution is 6.02. The molecule has 0 unspecified atom stereocenters. The van der Waals surface area contributed by atoms with Gasteiger partial charge in [0.25, 0.3) is 11.9 Å². The number of carbonyl (C=O) groups excluding carboxylic acids is 1.